The van der Waals surface area contributed by atoms with Crippen molar-refractivity contribution in [3.05, 3.63) is 24.1 Å². The van der Waals surface area contributed by atoms with Crippen LogP contribution < -0.4 is 0 Å². The lowest BCUT2D eigenvalue weighted by atomic mass is 10.2. The number of halogens is 1. The largest absolute Gasteiger partial charge is 0.263 e. The van der Waals surface area contributed by atoms with E-state index in [0.717, 1.165) is 25.3 Å². The molecule has 4 nitrogen and oxygen atoms in total. The average Bonchev–Trinajstić information content (AvgIpc) is 2.30. The van der Waals surface area contributed by atoms with E-state index >= 15 is 0 Å². The van der Waals surface area contributed by atoms with E-state index in [4.69, 9.17) is 0 Å². The topological polar surface area (TPSA) is 50.3 Å². The normalized spacial score (nSPS) is 18.6. The van der Waals surface area contributed by atoms with Crippen molar-refractivity contribution >= 4 is 10.0 Å². The Labute approximate surface area is 94.2 Å². The van der Waals surface area contributed by atoms with Crippen LogP contribution in [0.1, 0.15) is 19.3 Å². The zero-order valence-corrected chi connectivity index (χ0v) is 9.58. The molecule has 0 radical (unpaired) electrons. The summed E-state index contributed by atoms with van der Waals surface area (Å²) in [6, 6.07) is 2.49. The Morgan fingerprint density at radius 3 is 2.56 bits per heavy atom. The summed E-state index contributed by atoms with van der Waals surface area (Å²) in [6.07, 6.45) is 3.97. The Morgan fingerprint density at radius 1 is 1.25 bits per heavy atom. The van der Waals surface area contributed by atoms with Gasteiger partial charge in [0.2, 0.25) is 5.03 Å². The Kier molecular flexibility index (Phi) is 3.20. The average molecular weight is 244 g/mol. The minimum absolute atomic E-state index is 0.457. The highest BCUT2D eigenvalue weighted by molar-refractivity contribution is 7.89. The first-order chi connectivity index (χ1) is 7.62. The van der Waals surface area contributed by atoms with Gasteiger partial charge < -0.3 is 0 Å². The van der Waals surface area contributed by atoms with Gasteiger partial charge in [-0.1, -0.05) is 6.42 Å². The van der Waals surface area contributed by atoms with Gasteiger partial charge in [-0.15, -0.1) is 0 Å². The highest BCUT2D eigenvalue weighted by atomic mass is 32.2. The van der Waals surface area contributed by atoms with Crippen molar-refractivity contribution in [1.29, 1.82) is 0 Å². The Morgan fingerprint density at radius 2 is 1.94 bits per heavy atom. The van der Waals surface area contributed by atoms with Crippen LogP contribution in [0.3, 0.4) is 0 Å². The zero-order chi connectivity index (χ0) is 11.6. The molecule has 0 unspecified atom stereocenters. The van der Waals surface area contributed by atoms with Crippen molar-refractivity contribution in [1.82, 2.24) is 9.29 Å². The summed E-state index contributed by atoms with van der Waals surface area (Å²) in [7, 11) is -3.75. The van der Waals surface area contributed by atoms with Crippen molar-refractivity contribution in [2.75, 3.05) is 13.1 Å². The maximum atomic E-state index is 13.4. The summed E-state index contributed by atoms with van der Waals surface area (Å²) < 4.78 is 38.7. The summed E-state index contributed by atoms with van der Waals surface area (Å²) in [5.41, 5.74) is 0. The molecular formula is C10H13FN2O2S. The Balaban J connectivity index is 2.35. The van der Waals surface area contributed by atoms with Gasteiger partial charge in [-0.2, -0.15) is 4.31 Å². The maximum Gasteiger partial charge on any atom is 0.263 e. The summed E-state index contributed by atoms with van der Waals surface area (Å²) in [6.45, 7) is 0.913. The third-order valence-electron chi connectivity index (χ3n) is 2.62. The van der Waals surface area contributed by atoms with Crippen molar-refractivity contribution < 1.29 is 12.8 Å². The number of sulfonamides is 1. The van der Waals surface area contributed by atoms with Gasteiger partial charge in [0.15, 0.2) is 5.82 Å². The van der Waals surface area contributed by atoms with E-state index < -0.39 is 20.9 Å². The first-order valence-corrected chi connectivity index (χ1v) is 6.67. The van der Waals surface area contributed by atoms with Gasteiger partial charge in [0, 0.05) is 19.3 Å². The SMILES string of the molecule is O=S(=O)(c1ncccc1F)N1CCCCC1. The molecule has 0 amide bonds. The van der Waals surface area contributed by atoms with Crippen LogP contribution in [0.5, 0.6) is 0 Å². The number of aromatic nitrogens is 1. The smallest absolute Gasteiger partial charge is 0.241 e. The summed E-state index contributed by atoms with van der Waals surface area (Å²) >= 11 is 0. The number of nitrogens with zero attached hydrogens (tertiary/aromatic N) is 2. The van der Waals surface area contributed by atoms with Crippen LogP contribution in [-0.4, -0.2) is 30.8 Å². The van der Waals surface area contributed by atoms with E-state index in [2.05, 4.69) is 4.98 Å². The predicted octanol–water partition coefficient (Wildman–Crippen LogP) is 1.40. The molecule has 2 heterocycles. The van der Waals surface area contributed by atoms with E-state index in [-0.39, 0.29) is 0 Å². The van der Waals surface area contributed by atoms with Gasteiger partial charge in [-0.3, -0.25) is 0 Å². The Bertz CT molecular complexity index is 469. The fourth-order valence-corrected chi connectivity index (χ4v) is 3.28. The predicted molar refractivity (Wildman–Crippen MR) is 56.8 cm³/mol. The van der Waals surface area contributed by atoms with Crippen molar-refractivity contribution in [3.63, 3.8) is 0 Å². The molecule has 88 valence electrons. The molecule has 1 saturated heterocycles. The standard InChI is InChI=1S/C10H13FN2O2S/c11-9-5-4-6-12-10(9)16(14,15)13-7-2-1-3-8-13/h4-6H,1-3,7-8H2. The van der Waals surface area contributed by atoms with Crippen molar-refractivity contribution in [3.8, 4) is 0 Å². The molecule has 1 fully saturated rings. The molecule has 0 aromatic carbocycles. The molecule has 0 N–H and O–H groups in total. The van der Waals surface area contributed by atoms with Gasteiger partial charge in [-0.25, -0.2) is 17.8 Å². The van der Waals surface area contributed by atoms with Gasteiger partial charge in [-0.05, 0) is 25.0 Å². The minimum atomic E-state index is -3.75. The van der Waals surface area contributed by atoms with Crippen LogP contribution in [-0.2, 0) is 10.0 Å². The second kappa shape index (κ2) is 4.47. The van der Waals surface area contributed by atoms with E-state index in [9.17, 15) is 12.8 Å². The Hall–Kier alpha value is -1.01. The zero-order valence-electron chi connectivity index (χ0n) is 8.76. The number of pyridine rings is 1. The van der Waals surface area contributed by atoms with Crippen molar-refractivity contribution in [2.45, 2.75) is 24.3 Å². The molecule has 1 aromatic heterocycles. The first-order valence-electron chi connectivity index (χ1n) is 5.23. The molecular weight excluding hydrogens is 231 g/mol. The monoisotopic (exact) mass is 244 g/mol. The number of rotatable bonds is 2. The lowest BCUT2D eigenvalue weighted by Gasteiger charge is -2.25. The molecule has 2 rings (SSSR count). The quantitative estimate of drug-likeness (QED) is 0.790. The lowest BCUT2D eigenvalue weighted by molar-refractivity contribution is 0.343. The molecule has 16 heavy (non-hydrogen) atoms. The van der Waals surface area contributed by atoms with Crippen LogP contribution >= 0.6 is 0 Å². The van der Waals surface area contributed by atoms with Crippen LogP contribution in [0.15, 0.2) is 23.4 Å². The molecule has 0 bridgehead atoms. The molecule has 1 aromatic rings. The summed E-state index contributed by atoms with van der Waals surface area (Å²) in [4.78, 5) is 3.62. The van der Waals surface area contributed by atoms with Crippen LogP contribution in [0.4, 0.5) is 4.39 Å². The van der Waals surface area contributed by atoms with Gasteiger partial charge in [0.05, 0.1) is 0 Å². The molecule has 0 aliphatic carbocycles. The molecule has 0 saturated carbocycles. The molecule has 0 atom stereocenters. The maximum absolute atomic E-state index is 13.4. The second-order valence-electron chi connectivity index (χ2n) is 3.76. The van der Waals surface area contributed by atoms with Crippen LogP contribution in [0, 0.1) is 5.82 Å². The first kappa shape index (κ1) is 11.5. The third-order valence-corrected chi connectivity index (χ3v) is 4.46. The molecule has 1 aliphatic rings. The highest BCUT2D eigenvalue weighted by Gasteiger charge is 2.29. The number of piperidine rings is 1. The number of hydrogen-bond acceptors (Lipinski definition) is 3. The third kappa shape index (κ3) is 2.08. The summed E-state index contributed by atoms with van der Waals surface area (Å²) in [5.74, 6) is -0.784. The number of hydrogen-bond donors (Lipinski definition) is 0. The fraction of sp³-hybridized carbons (Fsp3) is 0.500. The van der Waals surface area contributed by atoms with E-state index in [0.29, 0.717) is 13.1 Å². The molecule has 1 aliphatic heterocycles. The van der Waals surface area contributed by atoms with Gasteiger partial charge in [0.25, 0.3) is 10.0 Å². The highest BCUT2D eigenvalue weighted by Crippen LogP contribution is 2.20. The minimum Gasteiger partial charge on any atom is -0.241 e. The van der Waals surface area contributed by atoms with Crippen molar-refractivity contribution in [2.24, 2.45) is 0 Å². The second-order valence-corrected chi connectivity index (χ2v) is 5.61. The lowest BCUT2D eigenvalue weighted by Crippen LogP contribution is -2.36. The van der Waals surface area contributed by atoms with Gasteiger partial charge in [0.1, 0.15) is 0 Å². The molecule has 6 heteroatoms. The van der Waals surface area contributed by atoms with Gasteiger partial charge >= 0.3 is 0 Å². The summed E-state index contributed by atoms with van der Waals surface area (Å²) in [5, 5.41) is -0.461. The van der Waals surface area contributed by atoms with Crippen LogP contribution in [0.25, 0.3) is 0 Å². The fourth-order valence-electron chi connectivity index (χ4n) is 1.79. The van der Waals surface area contributed by atoms with E-state index in [1.54, 1.807) is 0 Å². The van der Waals surface area contributed by atoms with E-state index in [1.807, 2.05) is 0 Å². The molecule has 0 spiro atoms. The van der Waals surface area contributed by atoms with Crippen LogP contribution in [0.2, 0.25) is 0 Å². The van der Waals surface area contributed by atoms with E-state index in [1.165, 1.54) is 16.6 Å².